The van der Waals surface area contributed by atoms with Gasteiger partial charge in [0.15, 0.2) is 5.54 Å². The Balaban J connectivity index is 2.29. The number of hydrogen-bond acceptors (Lipinski definition) is 5. The second-order valence-electron chi connectivity index (χ2n) is 5.13. The topological polar surface area (TPSA) is 50.8 Å². The molecule has 1 atom stereocenters. The van der Waals surface area contributed by atoms with Crippen molar-refractivity contribution in [2.24, 2.45) is 0 Å². The van der Waals surface area contributed by atoms with Crippen molar-refractivity contribution >= 4 is 5.97 Å². The van der Waals surface area contributed by atoms with E-state index in [2.05, 4.69) is 10.2 Å². The van der Waals surface area contributed by atoms with Crippen molar-refractivity contribution in [3.8, 4) is 0 Å². The lowest BCUT2D eigenvalue weighted by Crippen LogP contribution is -2.57. The Bertz CT molecular complexity index is 446. The first-order valence-corrected chi connectivity index (χ1v) is 7.44. The molecule has 0 amide bonds. The van der Waals surface area contributed by atoms with Crippen LogP contribution in [0.25, 0.3) is 0 Å². The van der Waals surface area contributed by atoms with Gasteiger partial charge in [-0.2, -0.15) is 0 Å². The molecule has 1 fully saturated rings. The zero-order chi connectivity index (χ0) is 15.1. The van der Waals surface area contributed by atoms with Crippen LogP contribution in [-0.4, -0.2) is 57.4 Å². The fraction of sp³-hybridized carbons (Fsp3) is 0.562. The van der Waals surface area contributed by atoms with E-state index in [0.717, 1.165) is 18.7 Å². The molecule has 5 nitrogen and oxygen atoms in total. The van der Waals surface area contributed by atoms with Crippen molar-refractivity contribution in [1.82, 2.24) is 10.2 Å². The number of nitrogens with zero attached hydrogens (tertiary/aromatic N) is 1. The van der Waals surface area contributed by atoms with Gasteiger partial charge in [-0.3, -0.25) is 4.90 Å². The molecule has 1 heterocycles. The van der Waals surface area contributed by atoms with Crippen LogP contribution in [0.15, 0.2) is 30.3 Å². The third-order valence-corrected chi connectivity index (χ3v) is 3.88. The van der Waals surface area contributed by atoms with E-state index in [1.807, 2.05) is 44.3 Å². The van der Waals surface area contributed by atoms with Gasteiger partial charge in [0.1, 0.15) is 0 Å². The summed E-state index contributed by atoms with van der Waals surface area (Å²) in [5.41, 5.74) is 0.0895. The molecule has 1 aliphatic heterocycles. The summed E-state index contributed by atoms with van der Waals surface area (Å²) < 4.78 is 10.7. The summed E-state index contributed by atoms with van der Waals surface area (Å²) >= 11 is 0. The maximum Gasteiger partial charge on any atom is 0.332 e. The first kappa shape index (κ1) is 15.9. The van der Waals surface area contributed by atoms with Gasteiger partial charge in [-0.05, 0) is 19.5 Å². The lowest BCUT2D eigenvalue weighted by molar-refractivity contribution is -0.153. The average Bonchev–Trinajstić information content (AvgIpc) is 2.54. The van der Waals surface area contributed by atoms with Gasteiger partial charge in [0.05, 0.1) is 19.8 Å². The molecule has 0 aromatic heterocycles. The van der Waals surface area contributed by atoms with Crippen LogP contribution in [0.5, 0.6) is 0 Å². The molecule has 0 spiro atoms. The third kappa shape index (κ3) is 3.61. The van der Waals surface area contributed by atoms with Gasteiger partial charge in [-0.1, -0.05) is 30.3 Å². The largest absolute Gasteiger partial charge is 0.464 e. The van der Waals surface area contributed by atoms with Crippen molar-refractivity contribution in [3.63, 3.8) is 0 Å². The van der Waals surface area contributed by atoms with Crippen molar-refractivity contribution in [3.05, 3.63) is 35.9 Å². The number of carbonyl (C=O) groups is 1. The van der Waals surface area contributed by atoms with Gasteiger partial charge in [0.25, 0.3) is 0 Å². The van der Waals surface area contributed by atoms with Crippen molar-refractivity contribution in [2.75, 3.05) is 46.5 Å². The number of ether oxygens (including phenoxy) is 2. The molecule has 1 aliphatic rings. The molecule has 5 heteroatoms. The maximum atomic E-state index is 12.6. The quantitative estimate of drug-likeness (QED) is 0.793. The molecule has 21 heavy (non-hydrogen) atoms. The van der Waals surface area contributed by atoms with E-state index in [1.54, 1.807) is 0 Å². The first-order chi connectivity index (χ1) is 10.2. The van der Waals surface area contributed by atoms with Crippen LogP contribution in [0, 0.1) is 0 Å². The number of carbonyl (C=O) groups excluding carboxylic acids is 1. The molecule has 116 valence electrons. The Morgan fingerprint density at radius 2 is 2.00 bits per heavy atom. The molecule has 1 aromatic carbocycles. The minimum atomic E-state index is -0.839. The van der Waals surface area contributed by atoms with Gasteiger partial charge < -0.3 is 14.8 Å². The van der Waals surface area contributed by atoms with Crippen molar-refractivity contribution < 1.29 is 14.3 Å². The molecule has 1 saturated heterocycles. The average molecular weight is 292 g/mol. The van der Waals surface area contributed by atoms with Crippen LogP contribution < -0.4 is 5.32 Å². The van der Waals surface area contributed by atoms with Crippen molar-refractivity contribution in [1.29, 1.82) is 0 Å². The summed E-state index contributed by atoms with van der Waals surface area (Å²) in [6.07, 6.45) is 0. The van der Waals surface area contributed by atoms with Crippen molar-refractivity contribution in [2.45, 2.75) is 12.5 Å². The number of benzene rings is 1. The first-order valence-electron chi connectivity index (χ1n) is 7.44. The fourth-order valence-corrected chi connectivity index (χ4v) is 2.67. The van der Waals surface area contributed by atoms with E-state index in [1.165, 1.54) is 0 Å². The minimum absolute atomic E-state index is 0.231. The standard InChI is InChI=1S/C16H24N2O3/c1-3-21-15(19)16(17-2,14-7-5-4-6-8-14)13-18-9-11-20-12-10-18/h4-8,17H,3,9-13H2,1-2H3. The molecule has 0 radical (unpaired) electrons. The van der Waals surface area contributed by atoms with Gasteiger partial charge in [0.2, 0.25) is 0 Å². The molecule has 1 N–H and O–H groups in total. The number of nitrogens with one attached hydrogen (secondary N) is 1. The fourth-order valence-electron chi connectivity index (χ4n) is 2.67. The highest BCUT2D eigenvalue weighted by Crippen LogP contribution is 2.24. The summed E-state index contributed by atoms with van der Waals surface area (Å²) in [6, 6.07) is 9.77. The predicted molar refractivity (Wildman–Crippen MR) is 81.1 cm³/mol. The van der Waals surface area contributed by atoms with Crippen LogP contribution in [0.4, 0.5) is 0 Å². The van der Waals surface area contributed by atoms with E-state index in [4.69, 9.17) is 9.47 Å². The molecule has 1 aromatic rings. The number of hydrogen-bond donors (Lipinski definition) is 1. The molecule has 1 unspecified atom stereocenters. The molecular formula is C16H24N2O3. The number of morpholine rings is 1. The highest BCUT2D eigenvalue weighted by molar-refractivity contribution is 5.83. The van der Waals surface area contributed by atoms with Gasteiger partial charge in [-0.25, -0.2) is 4.79 Å². The second kappa shape index (κ2) is 7.54. The summed E-state index contributed by atoms with van der Waals surface area (Å²) in [7, 11) is 1.81. The van der Waals surface area contributed by atoms with Gasteiger partial charge in [-0.15, -0.1) is 0 Å². The zero-order valence-corrected chi connectivity index (χ0v) is 12.8. The lowest BCUT2D eigenvalue weighted by Gasteiger charge is -2.38. The van der Waals surface area contributed by atoms with Crippen LogP contribution in [-0.2, 0) is 19.8 Å². The minimum Gasteiger partial charge on any atom is -0.464 e. The van der Waals surface area contributed by atoms with Gasteiger partial charge in [0, 0.05) is 19.6 Å². The lowest BCUT2D eigenvalue weighted by atomic mass is 9.89. The smallest absolute Gasteiger partial charge is 0.332 e. The van der Waals surface area contributed by atoms with E-state index in [9.17, 15) is 4.79 Å². The molecule has 0 aliphatic carbocycles. The highest BCUT2D eigenvalue weighted by atomic mass is 16.5. The predicted octanol–water partition coefficient (Wildman–Crippen LogP) is 0.997. The summed E-state index contributed by atoms with van der Waals surface area (Å²) in [6.45, 7) is 5.85. The van der Waals surface area contributed by atoms with E-state index in [0.29, 0.717) is 26.4 Å². The SMILES string of the molecule is CCOC(=O)C(CN1CCOCC1)(NC)c1ccccc1. The number of likely N-dealkylation sites (N-methyl/N-ethyl adjacent to an activating group) is 1. The van der Waals surface area contributed by atoms with Crippen LogP contribution in [0.1, 0.15) is 12.5 Å². The van der Waals surface area contributed by atoms with E-state index >= 15 is 0 Å². The number of esters is 1. The van der Waals surface area contributed by atoms with Crippen LogP contribution in [0.2, 0.25) is 0 Å². The monoisotopic (exact) mass is 292 g/mol. The molecular weight excluding hydrogens is 268 g/mol. The van der Waals surface area contributed by atoms with Crippen LogP contribution >= 0.6 is 0 Å². The molecule has 2 rings (SSSR count). The molecule has 0 bridgehead atoms. The Labute approximate surface area is 126 Å². The zero-order valence-electron chi connectivity index (χ0n) is 12.8. The van der Waals surface area contributed by atoms with Gasteiger partial charge >= 0.3 is 5.97 Å². The van der Waals surface area contributed by atoms with Crippen LogP contribution in [0.3, 0.4) is 0 Å². The Morgan fingerprint density at radius 1 is 1.33 bits per heavy atom. The Kier molecular flexibility index (Phi) is 5.73. The van der Waals surface area contributed by atoms with E-state index in [-0.39, 0.29) is 5.97 Å². The Morgan fingerprint density at radius 3 is 2.57 bits per heavy atom. The normalized spacial score (nSPS) is 19.0. The highest BCUT2D eigenvalue weighted by Gasteiger charge is 2.42. The second-order valence-corrected chi connectivity index (χ2v) is 5.13. The maximum absolute atomic E-state index is 12.6. The molecule has 0 saturated carbocycles. The summed E-state index contributed by atoms with van der Waals surface area (Å²) in [5, 5.41) is 3.21. The Hall–Kier alpha value is -1.43. The number of rotatable bonds is 6. The summed E-state index contributed by atoms with van der Waals surface area (Å²) in [5.74, 6) is -0.231. The van der Waals surface area contributed by atoms with E-state index < -0.39 is 5.54 Å². The third-order valence-electron chi connectivity index (χ3n) is 3.88. The summed E-state index contributed by atoms with van der Waals surface area (Å²) in [4.78, 5) is 14.9.